The monoisotopic (exact) mass is 287 g/mol. The third-order valence-corrected chi connectivity index (χ3v) is 4.47. The molecule has 2 aromatic rings. The van der Waals surface area contributed by atoms with Crippen molar-refractivity contribution in [2.24, 2.45) is 0 Å². The molecule has 0 fully saturated rings. The van der Waals surface area contributed by atoms with Crippen molar-refractivity contribution < 1.29 is 4.79 Å². The average Bonchev–Trinajstić information content (AvgIpc) is 2.83. The summed E-state index contributed by atoms with van der Waals surface area (Å²) in [5.41, 5.74) is 3.33. The lowest BCUT2D eigenvalue weighted by Crippen LogP contribution is -2.22. The van der Waals surface area contributed by atoms with Gasteiger partial charge in [-0.3, -0.25) is 4.79 Å². The maximum Gasteiger partial charge on any atom is 0.230 e. The summed E-state index contributed by atoms with van der Waals surface area (Å²) in [5.74, 6) is -0.00152. The second-order valence-corrected chi connectivity index (χ2v) is 6.05. The Labute approximate surface area is 122 Å². The zero-order valence-corrected chi connectivity index (χ0v) is 12.2. The molecule has 0 bridgehead atoms. The van der Waals surface area contributed by atoms with Crippen LogP contribution in [-0.4, -0.2) is 17.4 Å². The van der Waals surface area contributed by atoms with Gasteiger partial charge in [-0.25, -0.2) is 4.98 Å². The van der Waals surface area contributed by atoms with Gasteiger partial charge in [0.1, 0.15) is 0 Å². The van der Waals surface area contributed by atoms with Crippen LogP contribution in [0.4, 0.5) is 5.13 Å². The van der Waals surface area contributed by atoms with Gasteiger partial charge in [-0.1, -0.05) is 24.3 Å². The second-order valence-electron chi connectivity index (χ2n) is 4.97. The van der Waals surface area contributed by atoms with Crippen molar-refractivity contribution >= 4 is 22.4 Å². The van der Waals surface area contributed by atoms with E-state index < -0.39 is 0 Å². The summed E-state index contributed by atoms with van der Waals surface area (Å²) in [6.45, 7) is 3.85. The van der Waals surface area contributed by atoms with E-state index in [4.69, 9.17) is 0 Å². The van der Waals surface area contributed by atoms with Crippen LogP contribution in [0.1, 0.15) is 21.7 Å². The van der Waals surface area contributed by atoms with Gasteiger partial charge in [0.15, 0.2) is 5.13 Å². The van der Waals surface area contributed by atoms with E-state index in [1.807, 2.05) is 31.2 Å². The third kappa shape index (κ3) is 2.89. The molecule has 0 spiro atoms. The van der Waals surface area contributed by atoms with Gasteiger partial charge < -0.3 is 10.6 Å². The maximum absolute atomic E-state index is 12.1. The molecule has 1 amide bonds. The summed E-state index contributed by atoms with van der Waals surface area (Å²) < 4.78 is 0. The Morgan fingerprint density at radius 2 is 2.30 bits per heavy atom. The molecule has 2 N–H and O–H groups in total. The number of hydrogen-bond donors (Lipinski definition) is 2. The molecule has 104 valence electrons. The van der Waals surface area contributed by atoms with Gasteiger partial charge in [0.25, 0.3) is 0 Å². The molecule has 5 heteroatoms. The lowest BCUT2D eigenvalue weighted by molar-refractivity contribution is -0.115. The van der Waals surface area contributed by atoms with E-state index in [9.17, 15) is 4.79 Å². The van der Waals surface area contributed by atoms with E-state index in [0.717, 1.165) is 41.5 Å². The molecule has 0 atom stereocenters. The fraction of sp³-hybridized carbons (Fsp3) is 0.333. The van der Waals surface area contributed by atoms with Crippen molar-refractivity contribution in [1.82, 2.24) is 10.3 Å². The lowest BCUT2D eigenvalue weighted by atomic mass is 10.1. The first kappa shape index (κ1) is 13.3. The summed E-state index contributed by atoms with van der Waals surface area (Å²) in [4.78, 5) is 17.8. The number of anilines is 1. The Morgan fingerprint density at radius 1 is 1.45 bits per heavy atom. The van der Waals surface area contributed by atoms with Crippen LogP contribution >= 0.6 is 11.3 Å². The highest BCUT2D eigenvalue weighted by molar-refractivity contribution is 7.15. The van der Waals surface area contributed by atoms with E-state index in [2.05, 4.69) is 15.6 Å². The fourth-order valence-electron chi connectivity index (χ4n) is 2.32. The standard InChI is InChI=1S/C15H17N3OS/c1-10-4-2-3-5-11(10)8-14(19)18-15-17-12-6-7-16-9-13(12)20-15/h2-5,16H,6-9H2,1H3,(H,17,18,19). The number of amides is 1. The molecular formula is C15H17N3OS. The van der Waals surface area contributed by atoms with Crippen molar-refractivity contribution in [2.45, 2.75) is 26.3 Å². The Bertz CT molecular complexity index is 612. The van der Waals surface area contributed by atoms with Crippen LogP contribution in [0, 0.1) is 6.92 Å². The molecular weight excluding hydrogens is 270 g/mol. The van der Waals surface area contributed by atoms with Crippen molar-refractivity contribution in [1.29, 1.82) is 0 Å². The zero-order valence-electron chi connectivity index (χ0n) is 11.4. The number of carbonyl (C=O) groups is 1. The molecule has 0 saturated carbocycles. The largest absolute Gasteiger partial charge is 0.311 e. The highest BCUT2D eigenvalue weighted by atomic mass is 32.1. The van der Waals surface area contributed by atoms with E-state index in [1.165, 1.54) is 4.88 Å². The number of nitrogens with one attached hydrogen (secondary N) is 2. The summed E-state index contributed by atoms with van der Waals surface area (Å²) in [5, 5.41) is 6.95. The van der Waals surface area contributed by atoms with Crippen molar-refractivity contribution in [3.63, 3.8) is 0 Å². The summed E-state index contributed by atoms with van der Waals surface area (Å²) in [6, 6.07) is 7.96. The van der Waals surface area contributed by atoms with Gasteiger partial charge in [-0.15, -0.1) is 11.3 Å². The molecule has 0 radical (unpaired) electrons. The molecule has 20 heavy (non-hydrogen) atoms. The summed E-state index contributed by atoms with van der Waals surface area (Å²) in [7, 11) is 0. The molecule has 1 aromatic heterocycles. The minimum Gasteiger partial charge on any atom is -0.311 e. The first-order valence-electron chi connectivity index (χ1n) is 6.76. The summed E-state index contributed by atoms with van der Waals surface area (Å²) in [6.07, 6.45) is 1.34. The molecule has 0 saturated heterocycles. The van der Waals surface area contributed by atoms with Crippen molar-refractivity contribution in [2.75, 3.05) is 11.9 Å². The van der Waals surface area contributed by atoms with Crippen molar-refractivity contribution in [3.05, 3.63) is 46.0 Å². The normalized spacial score (nSPS) is 13.8. The Morgan fingerprint density at radius 3 is 3.10 bits per heavy atom. The number of benzene rings is 1. The number of aryl methyl sites for hydroxylation is 1. The molecule has 0 unspecified atom stereocenters. The molecule has 2 heterocycles. The lowest BCUT2D eigenvalue weighted by Gasteiger charge is -2.09. The highest BCUT2D eigenvalue weighted by Gasteiger charge is 2.16. The van der Waals surface area contributed by atoms with Gasteiger partial charge in [0.2, 0.25) is 5.91 Å². The number of carbonyl (C=O) groups excluding carboxylic acids is 1. The minimum absolute atomic E-state index is 0.00152. The number of nitrogens with zero attached hydrogens (tertiary/aromatic N) is 1. The second kappa shape index (κ2) is 5.73. The molecule has 1 aliphatic heterocycles. The topological polar surface area (TPSA) is 54.0 Å². The van der Waals surface area contributed by atoms with Gasteiger partial charge in [-0.05, 0) is 18.1 Å². The Kier molecular flexibility index (Phi) is 3.80. The van der Waals surface area contributed by atoms with Crippen LogP contribution in [0.15, 0.2) is 24.3 Å². The SMILES string of the molecule is Cc1ccccc1CC(=O)Nc1nc2c(s1)CNCC2. The average molecular weight is 287 g/mol. The number of hydrogen-bond acceptors (Lipinski definition) is 4. The van der Waals surface area contributed by atoms with Gasteiger partial charge in [0.05, 0.1) is 12.1 Å². The molecule has 1 aromatic carbocycles. The smallest absolute Gasteiger partial charge is 0.230 e. The Hall–Kier alpha value is -1.72. The number of rotatable bonds is 3. The van der Waals surface area contributed by atoms with Crippen molar-refractivity contribution in [3.8, 4) is 0 Å². The van der Waals surface area contributed by atoms with Crippen LogP contribution in [-0.2, 0) is 24.2 Å². The van der Waals surface area contributed by atoms with E-state index in [-0.39, 0.29) is 5.91 Å². The number of aromatic nitrogens is 1. The molecule has 3 rings (SSSR count). The maximum atomic E-state index is 12.1. The molecule has 0 aliphatic carbocycles. The highest BCUT2D eigenvalue weighted by Crippen LogP contribution is 2.25. The van der Waals surface area contributed by atoms with Crippen LogP contribution in [0.2, 0.25) is 0 Å². The predicted molar refractivity (Wildman–Crippen MR) is 81.0 cm³/mol. The van der Waals surface area contributed by atoms with Crippen LogP contribution in [0.3, 0.4) is 0 Å². The number of thiazole rings is 1. The first-order chi connectivity index (χ1) is 9.72. The predicted octanol–water partition coefficient (Wildman–Crippen LogP) is 2.28. The van der Waals surface area contributed by atoms with Gasteiger partial charge in [0, 0.05) is 24.4 Å². The van der Waals surface area contributed by atoms with Gasteiger partial charge in [-0.2, -0.15) is 0 Å². The first-order valence-corrected chi connectivity index (χ1v) is 7.57. The third-order valence-electron chi connectivity index (χ3n) is 3.46. The molecule has 1 aliphatic rings. The van der Waals surface area contributed by atoms with E-state index in [1.54, 1.807) is 11.3 Å². The molecule has 4 nitrogen and oxygen atoms in total. The Balaban J connectivity index is 1.67. The van der Waals surface area contributed by atoms with Crippen LogP contribution in [0.25, 0.3) is 0 Å². The van der Waals surface area contributed by atoms with Crippen LogP contribution < -0.4 is 10.6 Å². The quantitative estimate of drug-likeness (QED) is 0.910. The minimum atomic E-state index is -0.00152. The van der Waals surface area contributed by atoms with Crippen LogP contribution in [0.5, 0.6) is 0 Å². The van der Waals surface area contributed by atoms with E-state index in [0.29, 0.717) is 6.42 Å². The summed E-state index contributed by atoms with van der Waals surface area (Å²) >= 11 is 1.57. The zero-order chi connectivity index (χ0) is 13.9. The van der Waals surface area contributed by atoms with Gasteiger partial charge >= 0.3 is 0 Å². The fourth-order valence-corrected chi connectivity index (χ4v) is 3.32. The van der Waals surface area contributed by atoms with E-state index >= 15 is 0 Å². The number of fused-ring (bicyclic) bond motifs is 1.